The SMILES string of the molecule is C#C[C@]1(CO[P@@](=O)(N[C@@H](Cc2ccccc2)C(=O)OCCCCCCCCCCCCCCCCC)Oc2ccccc2)O[C@@H](n2cnc3c(N)nc(F)nc32)C[C@@H]1O. The molecule has 1 saturated heterocycles. The predicted molar refractivity (Wildman–Crippen MR) is 226 cm³/mol. The van der Waals surface area contributed by atoms with Crippen molar-refractivity contribution in [1.82, 2.24) is 24.6 Å². The fraction of sp³-hybridized carbons (Fsp3) is 0.545. The molecule has 320 valence electrons. The van der Waals surface area contributed by atoms with E-state index in [1.54, 1.807) is 30.3 Å². The number of esters is 1. The van der Waals surface area contributed by atoms with Crippen LogP contribution in [0.1, 0.15) is 121 Å². The van der Waals surface area contributed by atoms with Crippen molar-refractivity contribution in [3.63, 3.8) is 0 Å². The number of nitrogens with one attached hydrogen (secondary N) is 1. The maximum Gasteiger partial charge on any atom is 0.459 e. The fourth-order valence-corrected chi connectivity index (χ4v) is 8.72. The first kappa shape index (κ1) is 45.7. The molecule has 1 aliphatic rings. The lowest BCUT2D eigenvalue weighted by atomic mass is 9.99. The number of nitrogens with zero attached hydrogens (tertiary/aromatic N) is 4. The minimum absolute atomic E-state index is 0.0345. The summed E-state index contributed by atoms with van der Waals surface area (Å²) < 4.78 is 54.1. The number of unbranched alkanes of at least 4 members (excludes halogenated alkanes) is 14. The zero-order valence-corrected chi connectivity index (χ0v) is 35.1. The fourth-order valence-electron chi connectivity index (χ4n) is 7.20. The van der Waals surface area contributed by atoms with Crippen molar-refractivity contribution >= 4 is 30.7 Å². The molecule has 13 nitrogen and oxygen atoms in total. The summed E-state index contributed by atoms with van der Waals surface area (Å²) in [4.78, 5) is 25.2. The van der Waals surface area contributed by atoms with Crippen molar-refractivity contribution < 1.29 is 37.4 Å². The van der Waals surface area contributed by atoms with Gasteiger partial charge in [0.05, 0.1) is 12.9 Å². The van der Waals surface area contributed by atoms with Gasteiger partial charge in [-0.3, -0.25) is 13.9 Å². The van der Waals surface area contributed by atoms with Gasteiger partial charge in [-0.1, -0.05) is 151 Å². The molecule has 1 aliphatic heterocycles. The Labute approximate surface area is 347 Å². The number of hydrogen-bond acceptors (Lipinski definition) is 11. The highest BCUT2D eigenvalue weighted by Crippen LogP contribution is 2.48. The number of halogens is 1. The summed E-state index contributed by atoms with van der Waals surface area (Å²) in [6.45, 7) is 1.84. The summed E-state index contributed by atoms with van der Waals surface area (Å²) in [5.41, 5.74) is 4.94. The number of nitrogen functional groups attached to an aromatic ring is 1. The number of anilines is 1. The van der Waals surface area contributed by atoms with Gasteiger partial charge < -0.3 is 24.8 Å². The van der Waals surface area contributed by atoms with Crippen LogP contribution in [0.15, 0.2) is 67.0 Å². The number of aromatic nitrogens is 4. The minimum atomic E-state index is -4.47. The van der Waals surface area contributed by atoms with Crippen molar-refractivity contribution in [2.24, 2.45) is 0 Å². The summed E-state index contributed by atoms with van der Waals surface area (Å²) in [6, 6.07) is 16.4. The number of rotatable bonds is 27. The lowest BCUT2D eigenvalue weighted by molar-refractivity contribution is -0.146. The topological polar surface area (TPSA) is 173 Å². The molecule has 0 radical (unpaired) electrons. The zero-order valence-electron chi connectivity index (χ0n) is 34.2. The molecule has 0 aliphatic carbocycles. The second kappa shape index (κ2) is 23.4. The van der Waals surface area contributed by atoms with E-state index in [2.05, 4.69) is 32.9 Å². The molecule has 3 heterocycles. The minimum Gasteiger partial charge on any atom is -0.465 e. The van der Waals surface area contributed by atoms with Crippen LogP contribution in [-0.4, -0.2) is 61.6 Å². The van der Waals surface area contributed by atoms with Gasteiger partial charge in [0, 0.05) is 6.42 Å². The van der Waals surface area contributed by atoms with Crippen molar-refractivity contribution in [3.8, 4) is 18.1 Å². The maximum atomic E-state index is 14.7. The summed E-state index contributed by atoms with van der Waals surface area (Å²) in [7, 11) is -4.47. The van der Waals surface area contributed by atoms with Crippen molar-refractivity contribution in [2.45, 2.75) is 140 Å². The highest BCUT2D eigenvalue weighted by atomic mass is 31.2. The lowest BCUT2D eigenvalue weighted by Gasteiger charge is -2.30. The third-order valence-electron chi connectivity index (χ3n) is 10.6. The summed E-state index contributed by atoms with van der Waals surface area (Å²) in [5.74, 6) is 1.86. The smallest absolute Gasteiger partial charge is 0.459 e. The normalized spacial score (nSPS) is 19.3. The molecule has 0 spiro atoms. The second-order valence-corrected chi connectivity index (χ2v) is 16.9. The molecule has 5 rings (SSSR count). The van der Waals surface area contributed by atoms with E-state index in [0.29, 0.717) is 6.42 Å². The zero-order chi connectivity index (χ0) is 41.9. The molecule has 0 bridgehead atoms. The van der Waals surface area contributed by atoms with E-state index in [4.69, 9.17) is 30.7 Å². The number of terminal acetylenes is 1. The molecule has 5 atom stereocenters. The van der Waals surface area contributed by atoms with E-state index in [1.165, 1.54) is 81.5 Å². The Balaban J connectivity index is 1.18. The summed E-state index contributed by atoms with van der Waals surface area (Å²) in [6.07, 6.45) is 22.3. The molecule has 4 aromatic rings. The van der Waals surface area contributed by atoms with Gasteiger partial charge in [-0.2, -0.15) is 19.4 Å². The van der Waals surface area contributed by atoms with Gasteiger partial charge in [-0.05, 0) is 30.5 Å². The van der Waals surface area contributed by atoms with Crippen molar-refractivity contribution in [2.75, 3.05) is 18.9 Å². The number of nitrogens with two attached hydrogens (primary N) is 1. The van der Waals surface area contributed by atoms with E-state index in [0.717, 1.165) is 24.8 Å². The average Bonchev–Trinajstić information content (AvgIpc) is 3.81. The number of fused-ring (bicyclic) bond motifs is 1. The largest absolute Gasteiger partial charge is 0.465 e. The Morgan fingerprint density at radius 1 is 0.983 bits per heavy atom. The molecule has 0 amide bonds. The average molecular weight is 835 g/mol. The van der Waals surface area contributed by atoms with Crippen molar-refractivity contribution in [3.05, 3.63) is 78.6 Å². The summed E-state index contributed by atoms with van der Waals surface area (Å²) >= 11 is 0. The standard InChI is InChI=1S/C44H60FN6O7P/c1-3-5-6-7-8-9-10-11-12-13-14-15-16-17-24-29-55-42(53)36(30-34-25-20-18-21-26-34)50-59(54,58-35-27-22-19-23-28-35)56-32-44(4-2)37(52)31-38(57-44)51-33-47-39-40(46)48-43(45)49-41(39)51/h2,18-23,25-28,33,36-38,52H,3,5-17,24,29-32H2,1H3,(H,50,54)(H2,46,48,49)/t36-,37-,38+,44+,59-/m0/s1. The first-order valence-corrected chi connectivity index (χ1v) is 22.7. The number of imidazole rings is 1. The third-order valence-corrected chi connectivity index (χ3v) is 12.1. The Kier molecular flexibility index (Phi) is 18.1. The highest BCUT2D eigenvalue weighted by Gasteiger charge is 2.50. The number of benzene rings is 2. The molecule has 2 aromatic carbocycles. The van der Waals surface area contributed by atoms with Crippen LogP contribution in [0.2, 0.25) is 0 Å². The molecule has 15 heteroatoms. The van der Waals surface area contributed by atoms with Gasteiger partial charge >= 0.3 is 19.8 Å². The molecule has 2 aromatic heterocycles. The first-order chi connectivity index (χ1) is 28.6. The molecule has 4 N–H and O–H groups in total. The van der Waals surface area contributed by atoms with E-state index >= 15 is 0 Å². The Morgan fingerprint density at radius 3 is 2.19 bits per heavy atom. The maximum absolute atomic E-state index is 14.7. The third kappa shape index (κ3) is 13.8. The van der Waals surface area contributed by atoms with Crippen molar-refractivity contribution in [1.29, 1.82) is 0 Å². The first-order valence-electron chi connectivity index (χ1n) is 21.1. The van der Waals surface area contributed by atoms with Gasteiger partial charge in [0.15, 0.2) is 22.6 Å². The lowest BCUT2D eigenvalue weighted by Crippen LogP contribution is -2.44. The van der Waals surface area contributed by atoms with Gasteiger partial charge in [0.1, 0.15) is 30.7 Å². The van der Waals surface area contributed by atoms with E-state index in [1.807, 2.05) is 30.3 Å². The van der Waals surface area contributed by atoms with Crippen LogP contribution in [0.3, 0.4) is 0 Å². The Hall–Kier alpha value is -4.38. The number of carbonyl (C=O) groups is 1. The quantitative estimate of drug-likeness (QED) is 0.0171. The van der Waals surface area contributed by atoms with Gasteiger partial charge in [0.25, 0.3) is 0 Å². The number of aliphatic hydroxyl groups is 1. The molecule has 1 fully saturated rings. The highest BCUT2D eigenvalue weighted by molar-refractivity contribution is 7.52. The molecule has 0 saturated carbocycles. The van der Waals surface area contributed by atoms with Crippen LogP contribution in [0.25, 0.3) is 11.2 Å². The number of hydrogen-bond donors (Lipinski definition) is 3. The van der Waals surface area contributed by atoms with Crippen LogP contribution in [0.4, 0.5) is 10.2 Å². The number of ether oxygens (including phenoxy) is 2. The number of aliphatic hydroxyl groups excluding tert-OH is 1. The molecular weight excluding hydrogens is 774 g/mol. The van der Waals surface area contributed by atoms with Crippen LogP contribution in [-0.2, 0) is 29.8 Å². The Morgan fingerprint density at radius 2 is 1.58 bits per heavy atom. The van der Waals surface area contributed by atoms with Crippen LogP contribution < -0.4 is 15.3 Å². The predicted octanol–water partition coefficient (Wildman–Crippen LogP) is 9.02. The second-order valence-electron chi connectivity index (χ2n) is 15.2. The summed E-state index contributed by atoms with van der Waals surface area (Å²) in [5, 5.41) is 14.1. The number of para-hydroxylation sites is 1. The monoisotopic (exact) mass is 834 g/mol. The van der Waals surface area contributed by atoms with Gasteiger partial charge in [-0.15, -0.1) is 6.42 Å². The Bertz CT molecular complexity index is 1970. The van der Waals surface area contributed by atoms with Gasteiger partial charge in [-0.25, -0.2) is 9.55 Å². The number of carbonyl (C=O) groups excluding carboxylic acids is 1. The van der Waals surface area contributed by atoms with E-state index in [9.17, 15) is 18.9 Å². The van der Waals surface area contributed by atoms with Crippen LogP contribution in [0.5, 0.6) is 5.75 Å². The molecule has 59 heavy (non-hydrogen) atoms. The van der Waals surface area contributed by atoms with E-state index < -0.39 is 50.4 Å². The molecule has 0 unspecified atom stereocenters. The van der Waals surface area contributed by atoms with Gasteiger partial charge in [0.2, 0.25) is 0 Å². The van der Waals surface area contributed by atoms with Crippen LogP contribution in [0, 0.1) is 18.4 Å². The van der Waals surface area contributed by atoms with E-state index in [-0.39, 0.29) is 42.2 Å². The molecular formula is C44H60FN6O7P. The van der Waals surface area contributed by atoms with Crippen LogP contribution >= 0.6 is 7.75 Å².